The van der Waals surface area contributed by atoms with Crippen molar-refractivity contribution in [2.24, 2.45) is 5.41 Å². The van der Waals surface area contributed by atoms with Gasteiger partial charge in [-0.25, -0.2) is 0 Å². The van der Waals surface area contributed by atoms with Gasteiger partial charge >= 0.3 is 0 Å². The molecule has 1 aliphatic rings. The minimum Gasteiger partial charge on any atom is -0.374 e. The van der Waals surface area contributed by atoms with E-state index in [1.54, 1.807) is 0 Å². The van der Waals surface area contributed by atoms with Gasteiger partial charge in [0.15, 0.2) is 0 Å². The molecule has 1 rings (SSSR count). The van der Waals surface area contributed by atoms with Crippen LogP contribution < -0.4 is 0 Å². The fourth-order valence-electron chi connectivity index (χ4n) is 2.14. The summed E-state index contributed by atoms with van der Waals surface area (Å²) >= 11 is 0. The van der Waals surface area contributed by atoms with E-state index in [2.05, 4.69) is 33.4 Å². The smallest absolute Gasteiger partial charge is 0.0648 e. The predicted octanol–water partition coefficient (Wildman–Crippen LogP) is 4.10. The molecule has 0 heterocycles. The molecule has 86 valence electrons. The molecule has 1 nitrogen and oxygen atoms in total. The molecular weight excluding hydrogens is 184 g/mol. The second kappa shape index (κ2) is 5.50. The molecule has 1 atom stereocenters. The van der Waals surface area contributed by atoms with Crippen molar-refractivity contribution in [1.29, 1.82) is 0 Å². The molecule has 1 aliphatic carbocycles. The molecule has 1 unspecified atom stereocenters. The van der Waals surface area contributed by atoms with Crippen LogP contribution >= 0.6 is 0 Å². The van der Waals surface area contributed by atoms with E-state index in [0.717, 1.165) is 6.42 Å². The van der Waals surface area contributed by atoms with E-state index in [1.807, 2.05) is 6.08 Å². The SMILES string of the molecule is C=CCOC(CC)C1(CC=C(C)C)CC1. The average molecular weight is 208 g/mol. The largest absolute Gasteiger partial charge is 0.374 e. The van der Waals surface area contributed by atoms with Gasteiger partial charge in [-0.2, -0.15) is 0 Å². The minimum absolute atomic E-state index is 0.422. The highest BCUT2D eigenvalue weighted by Gasteiger charge is 2.48. The Labute approximate surface area is 94.2 Å². The standard InChI is InChI=1S/C14H24O/c1-5-11-15-13(6-2)14(9-10-14)8-7-12(3)4/h5,7,13H,1,6,8-11H2,2-4H3. The number of allylic oxidation sites excluding steroid dienone is 2. The highest BCUT2D eigenvalue weighted by atomic mass is 16.5. The van der Waals surface area contributed by atoms with Crippen molar-refractivity contribution in [2.45, 2.75) is 52.6 Å². The van der Waals surface area contributed by atoms with Crippen molar-refractivity contribution in [1.82, 2.24) is 0 Å². The van der Waals surface area contributed by atoms with Crippen molar-refractivity contribution in [3.8, 4) is 0 Å². The maximum Gasteiger partial charge on any atom is 0.0648 e. The number of rotatable bonds is 7. The van der Waals surface area contributed by atoms with Crippen LogP contribution in [0.2, 0.25) is 0 Å². The van der Waals surface area contributed by atoms with Crippen molar-refractivity contribution in [3.05, 3.63) is 24.3 Å². The first-order valence-electron chi connectivity index (χ1n) is 6.00. The fourth-order valence-corrected chi connectivity index (χ4v) is 2.14. The van der Waals surface area contributed by atoms with Gasteiger partial charge in [0, 0.05) is 5.41 Å². The van der Waals surface area contributed by atoms with Crippen LogP contribution in [0, 0.1) is 5.41 Å². The van der Waals surface area contributed by atoms with E-state index in [0.29, 0.717) is 18.1 Å². The van der Waals surface area contributed by atoms with E-state index in [-0.39, 0.29) is 0 Å². The maximum atomic E-state index is 5.85. The van der Waals surface area contributed by atoms with Gasteiger partial charge in [-0.3, -0.25) is 0 Å². The molecule has 1 fully saturated rings. The lowest BCUT2D eigenvalue weighted by Gasteiger charge is -2.25. The molecule has 0 spiro atoms. The zero-order valence-electron chi connectivity index (χ0n) is 10.4. The Kier molecular flexibility index (Phi) is 4.59. The van der Waals surface area contributed by atoms with E-state index < -0.39 is 0 Å². The molecule has 0 aliphatic heterocycles. The Morgan fingerprint density at radius 3 is 2.53 bits per heavy atom. The molecule has 0 aromatic heterocycles. The second-order valence-electron chi connectivity index (χ2n) is 4.87. The Morgan fingerprint density at radius 2 is 2.13 bits per heavy atom. The Morgan fingerprint density at radius 1 is 1.47 bits per heavy atom. The topological polar surface area (TPSA) is 9.23 Å². The summed E-state index contributed by atoms with van der Waals surface area (Å²) in [4.78, 5) is 0. The Balaban J connectivity index is 2.50. The van der Waals surface area contributed by atoms with E-state index in [9.17, 15) is 0 Å². The Hall–Kier alpha value is -0.560. The summed E-state index contributed by atoms with van der Waals surface area (Å²) in [5.74, 6) is 0. The summed E-state index contributed by atoms with van der Waals surface area (Å²) < 4.78 is 5.85. The third-order valence-electron chi connectivity index (χ3n) is 3.28. The van der Waals surface area contributed by atoms with Gasteiger partial charge < -0.3 is 4.74 Å². The van der Waals surface area contributed by atoms with Crippen molar-refractivity contribution < 1.29 is 4.74 Å². The van der Waals surface area contributed by atoms with Gasteiger partial charge in [0.05, 0.1) is 12.7 Å². The van der Waals surface area contributed by atoms with Crippen molar-refractivity contribution in [2.75, 3.05) is 6.61 Å². The lowest BCUT2D eigenvalue weighted by Crippen LogP contribution is -2.24. The quantitative estimate of drug-likeness (QED) is 0.572. The molecule has 0 bridgehead atoms. The van der Waals surface area contributed by atoms with Crippen molar-refractivity contribution >= 4 is 0 Å². The number of hydrogen-bond donors (Lipinski definition) is 0. The van der Waals surface area contributed by atoms with Gasteiger partial charge in [-0.1, -0.05) is 24.6 Å². The average Bonchev–Trinajstić information content (AvgIpc) is 2.97. The van der Waals surface area contributed by atoms with E-state index in [4.69, 9.17) is 4.74 Å². The summed E-state index contributed by atoms with van der Waals surface area (Å²) in [5, 5.41) is 0. The second-order valence-corrected chi connectivity index (χ2v) is 4.87. The molecule has 0 aromatic rings. The van der Waals surface area contributed by atoms with Gasteiger partial charge in [0.2, 0.25) is 0 Å². The molecule has 1 heteroatoms. The summed E-state index contributed by atoms with van der Waals surface area (Å²) in [5.41, 5.74) is 1.87. The van der Waals surface area contributed by atoms with Gasteiger partial charge in [0.25, 0.3) is 0 Å². The van der Waals surface area contributed by atoms with E-state index in [1.165, 1.54) is 24.8 Å². The van der Waals surface area contributed by atoms with Crippen LogP contribution in [0.15, 0.2) is 24.3 Å². The summed E-state index contributed by atoms with van der Waals surface area (Å²) in [6.07, 6.45) is 9.58. The molecule has 0 amide bonds. The minimum atomic E-state index is 0.422. The molecule has 0 radical (unpaired) electrons. The summed E-state index contributed by atoms with van der Waals surface area (Å²) in [6, 6.07) is 0. The fraction of sp³-hybridized carbons (Fsp3) is 0.714. The van der Waals surface area contributed by atoms with Crippen LogP contribution in [0.5, 0.6) is 0 Å². The third-order valence-corrected chi connectivity index (χ3v) is 3.28. The van der Waals surface area contributed by atoms with E-state index >= 15 is 0 Å². The van der Waals surface area contributed by atoms with Gasteiger partial charge in [-0.05, 0) is 39.5 Å². The zero-order valence-corrected chi connectivity index (χ0v) is 10.4. The lowest BCUT2D eigenvalue weighted by atomic mass is 9.92. The summed E-state index contributed by atoms with van der Waals surface area (Å²) in [6.45, 7) is 11.0. The molecule has 0 aromatic carbocycles. The first-order chi connectivity index (χ1) is 7.14. The van der Waals surface area contributed by atoms with Crippen LogP contribution in [0.25, 0.3) is 0 Å². The predicted molar refractivity (Wildman–Crippen MR) is 65.9 cm³/mol. The maximum absolute atomic E-state index is 5.85. The van der Waals surface area contributed by atoms with Crippen LogP contribution in [-0.2, 0) is 4.74 Å². The Bertz CT molecular complexity index is 232. The molecular formula is C14H24O. The van der Waals surface area contributed by atoms with Crippen LogP contribution in [0.4, 0.5) is 0 Å². The van der Waals surface area contributed by atoms with Crippen LogP contribution in [0.3, 0.4) is 0 Å². The van der Waals surface area contributed by atoms with Gasteiger partial charge in [-0.15, -0.1) is 6.58 Å². The zero-order chi connectivity index (χ0) is 11.3. The lowest BCUT2D eigenvalue weighted by molar-refractivity contribution is 0.0161. The number of hydrogen-bond acceptors (Lipinski definition) is 1. The normalized spacial score (nSPS) is 19.4. The molecule has 0 saturated heterocycles. The molecule has 15 heavy (non-hydrogen) atoms. The van der Waals surface area contributed by atoms with Crippen LogP contribution in [0.1, 0.15) is 46.5 Å². The van der Waals surface area contributed by atoms with Crippen molar-refractivity contribution in [3.63, 3.8) is 0 Å². The molecule has 1 saturated carbocycles. The first kappa shape index (κ1) is 12.5. The first-order valence-corrected chi connectivity index (χ1v) is 6.00. The van der Waals surface area contributed by atoms with Crippen LogP contribution in [-0.4, -0.2) is 12.7 Å². The highest BCUT2D eigenvalue weighted by molar-refractivity contribution is 5.07. The van der Waals surface area contributed by atoms with Gasteiger partial charge in [0.1, 0.15) is 0 Å². The highest BCUT2D eigenvalue weighted by Crippen LogP contribution is 2.54. The number of ether oxygens (including phenoxy) is 1. The third kappa shape index (κ3) is 3.49. The molecule has 0 N–H and O–H groups in total. The monoisotopic (exact) mass is 208 g/mol. The summed E-state index contributed by atoms with van der Waals surface area (Å²) in [7, 11) is 0.